The third kappa shape index (κ3) is 4.19. The molecule has 1 N–H and O–H groups in total. The summed E-state index contributed by atoms with van der Waals surface area (Å²) in [4.78, 5) is 32.2. The number of aldehydes is 1. The number of aromatic nitrogens is 2. The molecule has 21 heavy (non-hydrogen) atoms. The first-order valence-electron chi connectivity index (χ1n) is 6.42. The number of carboxylic acid groups (broad SMARTS) is 1. The van der Waals surface area contributed by atoms with E-state index in [1.807, 2.05) is 12.1 Å². The molecule has 0 amide bonds. The van der Waals surface area contributed by atoms with Crippen LogP contribution in [0.1, 0.15) is 11.4 Å². The van der Waals surface area contributed by atoms with Crippen LogP contribution in [-0.4, -0.2) is 38.3 Å². The summed E-state index contributed by atoms with van der Waals surface area (Å²) in [5, 5.41) is 9.19. The average molecular weight is 285 g/mol. The van der Waals surface area contributed by atoms with Crippen LogP contribution < -0.4 is 0 Å². The minimum atomic E-state index is -1.23. The Morgan fingerprint density at radius 1 is 1.10 bits per heavy atom. The lowest BCUT2D eigenvalue weighted by Crippen LogP contribution is -2.41. The topological polar surface area (TPSA) is 83.4 Å². The van der Waals surface area contributed by atoms with Crippen LogP contribution in [-0.2, 0) is 22.7 Å². The lowest BCUT2D eigenvalue weighted by atomic mass is 10.2. The van der Waals surface area contributed by atoms with Crippen LogP contribution in [0.25, 0.3) is 0 Å². The van der Waals surface area contributed by atoms with Crippen LogP contribution in [0, 0.1) is 0 Å². The zero-order valence-corrected chi connectivity index (χ0v) is 11.3. The molecule has 0 saturated carbocycles. The maximum absolute atomic E-state index is 11.2. The van der Waals surface area contributed by atoms with E-state index in [4.69, 9.17) is 0 Å². The van der Waals surface area contributed by atoms with Gasteiger partial charge in [-0.25, -0.2) is 0 Å². The Labute approximate surface area is 122 Å². The summed E-state index contributed by atoms with van der Waals surface area (Å²) in [6, 6.07) is 9.54. The minimum Gasteiger partial charge on any atom is -0.480 e. The zero-order valence-electron chi connectivity index (χ0n) is 11.3. The molecule has 0 spiro atoms. The van der Waals surface area contributed by atoms with Gasteiger partial charge in [-0.2, -0.15) is 0 Å². The molecule has 1 unspecified atom stereocenters. The van der Waals surface area contributed by atoms with E-state index in [2.05, 4.69) is 9.97 Å². The van der Waals surface area contributed by atoms with Crippen molar-refractivity contribution >= 4 is 12.3 Å². The maximum Gasteiger partial charge on any atom is 0.328 e. The minimum absolute atomic E-state index is 0.257. The number of nitrogens with zero attached hydrogens (tertiary/aromatic N) is 3. The Morgan fingerprint density at radius 3 is 1.95 bits per heavy atom. The predicted molar refractivity (Wildman–Crippen MR) is 75.2 cm³/mol. The van der Waals surface area contributed by atoms with E-state index >= 15 is 0 Å². The number of aliphatic carboxylic acids is 1. The molecule has 0 aromatic carbocycles. The highest BCUT2D eigenvalue weighted by Gasteiger charge is 2.25. The molecular formula is C15H15N3O3. The fourth-order valence-corrected chi connectivity index (χ4v) is 1.95. The molecule has 0 aliphatic heterocycles. The summed E-state index contributed by atoms with van der Waals surface area (Å²) in [7, 11) is 0. The van der Waals surface area contributed by atoms with Gasteiger partial charge in [-0.3, -0.25) is 19.7 Å². The van der Waals surface area contributed by atoms with Crippen LogP contribution in [0.4, 0.5) is 0 Å². The maximum atomic E-state index is 11.2. The fourth-order valence-electron chi connectivity index (χ4n) is 1.95. The Balaban J connectivity index is 2.21. The van der Waals surface area contributed by atoms with E-state index < -0.39 is 12.0 Å². The standard InChI is InChI=1S/C15H15N3O3/c19-11-14(15(20)21)18(9-12-5-1-3-7-16-12)10-13-6-2-4-8-17-13/h1-8,11,14H,9-10H2,(H,20,21). The molecule has 0 aliphatic carbocycles. The number of rotatable bonds is 7. The molecule has 2 aromatic rings. The fraction of sp³-hybridized carbons (Fsp3) is 0.200. The number of hydrogen-bond acceptors (Lipinski definition) is 5. The summed E-state index contributed by atoms with van der Waals surface area (Å²) in [5.74, 6) is -1.18. The van der Waals surface area contributed by atoms with Crippen molar-refractivity contribution in [3.05, 3.63) is 60.2 Å². The normalized spacial score (nSPS) is 12.0. The smallest absolute Gasteiger partial charge is 0.328 e. The molecule has 108 valence electrons. The largest absolute Gasteiger partial charge is 0.480 e. The lowest BCUT2D eigenvalue weighted by Gasteiger charge is -2.24. The molecular weight excluding hydrogens is 270 g/mol. The van der Waals surface area contributed by atoms with Gasteiger partial charge in [0.2, 0.25) is 0 Å². The van der Waals surface area contributed by atoms with Crippen LogP contribution in [0.2, 0.25) is 0 Å². The van der Waals surface area contributed by atoms with Crippen molar-refractivity contribution in [3.8, 4) is 0 Å². The van der Waals surface area contributed by atoms with Gasteiger partial charge in [-0.05, 0) is 24.3 Å². The van der Waals surface area contributed by atoms with Gasteiger partial charge in [0.15, 0.2) is 6.04 Å². The van der Waals surface area contributed by atoms with Crippen molar-refractivity contribution in [1.82, 2.24) is 14.9 Å². The molecule has 2 rings (SSSR count). The predicted octanol–water partition coefficient (Wildman–Crippen LogP) is 1.13. The van der Waals surface area contributed by atoms with Crippen molar-refractivity contribution in [2.75, 3.05) is 0 Å². The van der Waals surface area contributed by atoms with Gasteiger partial charge in [0.05, 0.1) is 11.4 Å². The quantitative estimate of drug-likeness (QED) is 0.606. The lowest BCUT2D eigenvalue weighted by molar-refractivity contribution is -0.145. The second-order valence-electron chi connectivity index (χ2n) is 4.47. The van der Waals surface area contributed by atoms with Crippen molar-refractivity contribution in [1.29, 1.82) is 0 Å². The SMILES string of the molecule is O=CC(C(=O)O)N(Cc1ccccn1)Cc1ccccn1. The van der Waals surface area contributed by atoms with Crippen molar-refractivity contribution in [3.63, 3.8) is 0 Å². The second kappa shape index (κ2) is 7.25. The Morgan fingerprint density at radius 2 is 1.62 bits per heavy atom. The number of carbonyl (C=O) groups is 2. The molecule has 0 fully saturated rings. The third-order valence-electron chi connectivity index (χ3n) is 2.96. The van der Waals surface area contributed by atoms with Crippen LogP contribution in [0.15, 0.2) is 48.8 Å². The first-order valence-corrected chi connectivity index (χ1v) is 6.42. The molecule has 6 heteroatoms. The summed E-state index contributed by atoms with van der Waals surface area (Å²) < 4.78 is 0. The Bertz CT molecular complexity index is 548. The average Bonchev–Trinajstić information content (AvgIpc) is 2.49. The monoisotopic (exact) mass is 285 g/mol. The number of carboxylic acids is 1. The number of carbonyl (C=O) groups excluding carboxylic acids is 1. The van der Waals surface area contributed by atoms with E-state index in [1.54, 1.807) is 36.7 Å². The summed E-state index contributed by atoms with van der Waals surface area (Å²) >= 11 is 0. The van der Waals surface area contributed by atoms with Crippen LogP contribution >= 0.6 is 0 Å². The Kier molecular flexibility index (Phi) is 5.11. The highest BCUT2D eigenvalue weighted by atomic mass is 16.4. The molecule has 6 nitrogen and oxygen atoms in total. The molecule has 0 radical (unpaired) electrons. The first-order chi connectivity index (χ1) is 10.2. The molecule has 0 aliphatic rings. The number of hydrogen-bond donors (Lipinski definition) is 1. The van der Waals surface area contributed by atoms with Gasteiger partial charge >= 0.3 is 5.97 Å². The van der Waals surface area contributed by atoms with Gasteiger partial charge in [0, 0.05) is 25.5 Å². The summed E-state index contributed by atoms with van der Waals surface area (Å²) in [5.41, 5.74) is 1.39. The second-order valence-corrected chi connectivity index (χ2v) is 4.47. The molecule has 2 aromatic heterocycles. The van der Waals surface area contributed by atoms with E-state index in [9.17, 15) is 14.7 Å². The summed E-state index contributed by atoms with van der Waals surface area (Å²) in [6.45, 7) is 0.514. The van der Waals surface area contributed by atoms with Gasteiger partial charge < -0.3 is 9.90 Å². The van der Waals surface area contributed by atoms with Gasteiger partial charge in [0.1, 0.15) is 6.29 Å². The van der Waals surface area contributed by atoms with E-state index in [1.165, 1.54) is 4.90 Å². The molecule has 1 atom stereocenters. The van der Waals surface area contributed by atoms with Crippen LogP contribution in [0.3, 0.4) is 0 Å². The highest BCUT2D eigenvalue weighted by Crippen LogP contribution is 2.10. The van der Waals surface area contributed by atoms with Gasteiger partial charge in [-0.1, -0.05) is 12.1 Å². The van der Waals surface area contributed by atoms with Crippen molar-refractivity contribution in [2.24, 2.45) is 0 Å². The Hall–Kier alpha value is -2.60. The number of pyridine rings is 2. The van der Waals surface area contributed by atoms with Gasteiger partial charge in [0.25, 0.3) is 0 Å². The third-order valence-corrected chi connectivity index (χ3v) is 2.96. The van der Waals surface area contributed by atoms with Gasteiger partial charge in [-0.15, -0.1) is 0 Å². The molecule has 0 saturated heterocycles. The van der Waals surface area contributed by atoms with E-state index in [-0.39, 0.29) is 13.1 Å². The first kappa shape index (κ1) is 14.8. The van der Waals surface area contributed by atoms with E-state index in [0.717, 1.165) is 0 Å². The summed E-state index contributed by atoms with van der Waals surface area (Å²) in [6.07, 6.45) is 3.68. The van der Waals surface area contributed by atoms with E-state index in [0.29, 0.717) is 17.7 Å². The molecule has 0 bridgehead atoms. The van der Waals surface area contributed by atoms with Crippen molar-refractivity contribution < 1.29 is 14.7 Å². The molecule has 2 heterocycles. The van der Waals surface area contributed by atoms with Crippen molar-refractivity contribution in [2.45, 2.75) is 19.1 Å². The zero-order chi connectivity index (χ0) is 15.1. The highest BCUT2D eigenvalue weighted by molar-refractivity contribution is 5.90. The van der Waals surface area contributed by atoms with Crippen LogP contribution in [0.5, 0.6) is 0 Å².